The monoisotopic (exact) mass is 540 g/mol. The number of piperidine rings is 1. The molecule has 2 amide bonds. The highest BCUT2D eigenvalue weighted by Crippen LogP contribution is 2.38. The Balaban J connectivity index is 2.02. The molecule has 1 aliphatic heterocycles. The average molecular weight is 541 g/mol. The van der Waals surface area contributed by atoms with Crippen LogP contribution in [0.15, 0.2) is 36.4 Å². The fraction of sp³-hybridized carbons (Fsp3) is 0.391. The number of rotatable bonds is 3. The minimum Gasteiger partial charge on any atom is -0.342 e. The van der Waals surface area contributed by atoms with Crippen molar-refractivity contribution >= 4 is 35.0 Å². The van der Waals surface area contributed by atoms with Crippen LogP contribution in [0.4, 0.5) is 26.3 Å². The molecule has 1 saturated heterocycles. The fourth-order valence-electron chi connectivity index (χ4n) is 4.19. The van der Waals surface area contributed by atoms with Crippen molar-refractivity contribution < 1.29 is 35.9 Å². The Labute approximate surface area is 207 Å². The van der Waals surface area contributed by atoms with Crippen molar-refractivity contribution in [2.24, 2.45) is 0 Å². The van der Waals surface area contributed by atoms with Gasteiger partial charge in [0, 0.05) is 44.6 Å². The van der Waals surface area contributed by atoms with Gasteiger partial charge in [-0.3, -0.25) is 9.59 Å². The van der Waals surface area contributed by atoms with E-state index in [1.807, 2.05) is 0 Å². The second kappa shape index (κ2) is 9.89. The van der Waals surface area contributed by atoms with Crippen molar-refractivity contribution in [2.75, 3.05) is 20.1 Å². The molecule has 0 radical (unpaired) electrons. The van der Waals surface area contributed by atoms with Gasteiger partial charge in [-0.05, 0) is 42.3 Å². The standard InChI is InChI=1S/C23H20Cl2F6N2O2/c1-12(34)33-6-5-20(17(11-33)13-3-4-18(24)19(25)9-13)32(2)21(35)14-7-15(22(26,27)28)10-16(8-14)23(29,30)31/h3-4,7-10,17,20H,5-6,11H2,1-2H3/t17-,20+/m0/s1. The van der Waals surface area contributed by atoms with Crippen molar-refractivity contribution in [3.05, 3.63) is 68.7 Å². The summed E-state index contributed by atoms with van der Waals surface area (Å²) in [5, 5.41) is 0.504. The van der Waals surface area contributed by atoms with Crippen LogP contribution in [0.1, 0.15) is 46.3 Å². The van der Waals surface area contributed by atoms with E-state index in [2.05, 4.69) is 0 Å². The summed E-state index contributed by atoms with van der Waals surface area (Å²) in [6, 6.07) is 4.91. The average Bonchev–Trinajstić information content (AvgIpc) is 2.78. The molecule has 0 saturated carbocycles. The first kappa shape index (κ1) is 27.1. The summed E-state index contributed by atoms with van der Waals surface area (Å²) in [6.07, 6.45) is -9.91. The number of carbonyl (C=O) groups excluding carboxylic acids is 2. The lowest BCUT2D eigenvalue weighted by Crippen LogP contribution is -2.51. The molecule has 190 valence electrons. The molecule has 0 spiro atoms. The van der Waals surface area contributed by atoms with E-state index >= 15 is 0 Å². The Morgan fingerprint density at radius 3 is 2.00 bits per heavy atom. The van der Waals surface area contributed by atoms with E-state index in [-0.39, 0.29) is 41.5 Å². The van der Waals surface area contributed by atoms with E-state index in [1.54, 1.807) is 17.0 Å². The quantitative estimate of drug-likeness (QED) is 0.416. The molecule has 0 aromatic heterocycles. The number of likely N-dealkylation sites (tertiary alicyclic amines) is 1. The molecule has 2 aromatic carbocycles. The van der Waals surface area contributed by atoms with Crippen LogP contribution in [-0.2, 0) is 17.1 Å². The number of amides is 2. The van der Waals surface area contributed by atoms with E-state index in [4.69, 9.17) is 23.2 Å². The van der Waals surface area contributed by atoms with Crippen LogP contribution in [0.2, 0.25) is 10.0 Å². The summed E-state index contributed by atoms with van der Waals surface area (Å²) < 4.78 is 79.6. The zero-order chi connectivity index (χ0) is 26.3. The normalized spacial score (nSPS) is 19.0. The highest BCUT2D eigenvalue weighted by molar-refractivity contribution is 6.42. The third-order valence-corrected chi connectivity index (χ3v) is 6.78. The molecule has 2 aromatic rings. The number of hydrogen-bond acceptors (Lipinski definition) is 2. The molecule has 1 aliphatic rings. The SMILES string of the molecule is CC(=O)N1CC[C@@H](N(C)C(=O)c2cc(C(F)(F)F)cc(C(F)(F)F)c2)[C@H](c2ccc(Cl)c(Cl)c2)C1. The van der Waals surface area contributed by atoms with Gasteiger partial charge in [-0.25, -0.2) is 0 Å². The molecule has 12 heteroatoms. The molecule has 0 bridgehead atoms. The Morgan fingerprint density at radius 1 is 0.943 bits per heavy atom. The van der Waals surface area contributed by atoms with E-state index in [0.29, 0.717) is 17.7 Å². The van der Waals surface area contributed by atoms with Gasteiger partial charge in [0.25, 0.3) is 5.91 Å². The molecule has 2 atom stereocenters. The first-order valence-corrected chi connectivity index (χ1v) is 11.1. The van der Waals surface area contributed by atoms with Crippen molar-refractivity contribution in [3.8, 4) is 0 Å². The molecule has 3 rings (SSSR count). The van der Waals surface area contributed by atoms with Crippen LogP contribution < -0.4 is 0 Å². The third kappa shape index (κ3) is 6.03. The molecule has 0 unspecified atom stereocenters. The van der Waals surface area contributed by atoms with Crippen LogP contribution in [0.25, 0.3) is 0 Å². The molecule has 35 heavy (non-hydrogen) atoms. The Morgan fingerprint density at radius 2 is 1.51 bits per heavy atom. The Kier molecular flexibility index (Phi) is 7.67. The number of alkyl halides is 6. The number of carbonyl (C=O) groups is 2. The maximum atomic E-state index is 13.3. The summed E-state index contributed by atoms with van der Waals surface area (Å²) in [5.74, 6) is -1.73. The van der Waals surface area contributed by atoms with Gasteiger partial charge in [0.1, 0.15) is 0 Å². The van der Waals surface area contributed by atoms with Gasteiger partial charge >= 0.3 is 12.4 Å². The largest absolute Gasteiger partial charge is 0.416 e. The lowest BCUT2D eigenvalue weighted by molar-refractivity contribution is -0.143. The maximum Gasteiger partial charge on any atom is 0.416 e. The number of halogens is 8. The van der Waals surface area contributed by atoms with Gasteiger partial charge in [-0.2, -0.15) is 26.3 Å². The van der Waals surface area contributed by atoms with Gasteiger partial charge in [-0.15, -0.1) is 0 Å². The predicted molar refractivity (Wildman–Crippen MR) is 118 cm³/mol. The maximum absolute atomic E-state index is 13.3. The Hall–Kier alpha value is -2.46. The first-order valence-electron chi connectivity index (χ1n) is 10.4. The van der Waals surface area contributed by atoms with Crippen LogP contribution in [0, 0.1) is 0 Å². The number of likely N-dealkylation sites (N-methyl/N-ethyl adjacent to an activating group) is 1. The summed E-state index contributed by atoms with van der Waals surface area (Å²) in [7, 11) is 1.31. The van der Waals surface area contributed by atoms with E-state index in [9.17, 15) is 35.9 Å². The van der Waals surface area contributed by atoms with Crippen molar-refractivity contribution in [3.63, 3.8) is 0 Å². The highest BCUT2D eigenvalue weighted by Gasteiger charge is 2.40. The zero-order valence-electron chi connectivity index (χ0n) is 18.5. The topological polar surface area (TPSA) is 40.6 Å². The van der Waals surface area contributed by atoms with Crippen molar-refractivity contribution in [1.29, 1.82) is 0 Å². The second-order valence-electron chi connectivity index (χ2n) is 8.31. The van der Waals surface area contributed by atoms with E-state index in [1.165, 1.54) is 20.0 Å². The summed E-state index contributed by atoms with van der Waals surface area (Å²) in [4.78, 5) is 27.8. The minimum atomic E-state index is -5.08. The van der Waals surface area contributed by atoms with Gasteiger partial charge in [-0.1, -0.05) is 29.3 Å². The van der Waals surface area contributed by atoms with Crippen molar-refractivity contribution in [2.45, 2.75) is 37.7 Å². The first-order chi connectivity index (χ1) is 16.1. The Bertz CT molecular complexity index is 1100. The van der Waals surface area contributed by atoms with Crippen molar-refractivity contribution in [1.82, 2.24) is 9.80 Å². The van der Waals surface area contributed by atoms with Gasteiger partial charge in [0.2, 0.25) is 5.91 Å². The van der Waals surface area contributed by atoms with E-state index < -0.39 is 46.9 Å². The fourth-order valence-corrected chi connectivity index (χ4v) is 4.50. The highest BCUT2D eigenvalue weighted by atomic mass is 35.5. The molecule has 0 N–H and O–H groups in total. The molecular formula is C23H20Cl2F6N2O2. The summed E-state index contributed by atoms with van der Waals surface area (Å²) >= 11 is 12.1. The summed E-state index contributed by atoms with van der Waals surface area (Å²) in [5.41, 5.74) is -3.26. The number of hydrogen-bond donors (Lipinski definition) is 0. The van der Waals surface area contributed by atoms with Crippen LogP contribution in [0.3, 0.4) is 0 Å². The lowest BCUT2D eigenvalue weighted by Gasteiger charge is -2.43. The van der Waals surface area contributed by atoms with Gasteiger partial charge < -0.3 is 9.80 Å². The molecule has 1 fully saturated rings. The van der Waals surface area contributed by atoms with Gasteiger partial charge in [0.05, 0.1) is 21.2 Å². The van der Waals surface area contributed by atoms with E-state index in [0.717, 1.165) is 4.90 Å². The lowest BCUT2D eigenvalue weighted by atomic mass is 9.84. The molecular weight excluding hydrogens is 521 g/mol. The van der Waals surface area contributed by atoms with Crippen LogP contribution >= 0.6 is 23.2 Å². The molecule has 1 heterocycles. The van der Waals surface area contributed by atoms with Crippen LogP contribution in [0.5, 0.6) is 0 Å². The third-order valence-electron chi connectivity index (χ3n) is 6.05. The number of nitrogens with zero attached hydrogens (tertiary/aromatic N) is 2. The molecule has 4 nitrogen and oxygen atoms in total. The van der Waals surface area contributed by atoms with Gasteiger partial charge in [0.15, 0.2) is 0 Å². The van der Waals surface area contributed by atoms with Crippen LogP contribution in [-0.4, -0.2) is 47.8 Å². The second-order valence-corrected chi connectivity index (χ2v) is 9.13. The molecule has 0 aliphatic carbocycles. The smallest absolute Gasteiger partial charge is 0.342 e. The summed E-state index contributed by atoms with van der Waals surface area (Å²) in [6.45, 7) is 1.81. The zero-order valence-corrected chi connectivity index (χ0v) is 20.0. The predicted octanol–water partition coefficient (Wildman–Crippen LogP) is 6.51. The number of benzene rings is 2. The minimum absolute atomic E-state index is 0.0271.